The molecule has 0 atom stereocenters. The molecule has 362 valence electrons. The van der Waals surface area contributed by atoms with Crippen molar-refractivity contribution in [2.45, 2.75) is 79.3 Å². The second-order valence-electron chi connectivity index (χ2n) is 14.8. The summed E-state index contributed by atoms with van der Waals surface area (Å²) < 4.78 is 135. The van der Waals surface area contributed by atoms with Crippen LogP contribution in [0, 0.1) is 0 Å². The minimum absolute atomic E-state index is 0.0876. The van der Waals surface area contributed by atoms with Crippen molar-refractivity contribution in [1.29, 1.82) is 0 Å². The van der Waals surface area contributed by atoms with E-state index in [0.717, 1.165) is 18.2 Å². The predicted molar refractivity (Wildman–Crippen MR) is 228 cm³/mol. The minimum Gasteiger partial charge on any atom is -0.466 e. The number of carbonyl (C=O) groups excluding carboxylic acids is 2. The van der Waals surface area contributed by atoms with Gasteiger partial charge in [0, 0.05) is 47.3 Å². The van der Waals surface area contributed by atoms with E-state index in [1.165, 1.54) is 49.4 Å². The zero-order chi connectivity index (χ0) is 49.4. The number of oxazole rings is 1. The molecule has 0 N–H and O–H groups in total. The lowest BCUT2D eigenvalue weighted by atomic mass is 10.1. The number of carbonyl (C=O) groups is 2. The molecule has 68 heavy (non-hydrogen) atoms. The van der Waals surface area contributed by atoms with Crippen LogP contribution in [0.1, 0.15) is 55.1 Å². The van der Waals surface area contributed by atoms with Crippen LogP contribution in [0.25, 0.3) is 0 Å². The SMILES string of the molecule is CC(C)(C)OC(=O)c1ccc(N(Cc2cnco2)c2ccc(OC(F)F)c(OC(F)F)c2)cc1.CCOC(=O)Cc1ccc(N(Cc2cnccn2)c2ccc(OC(F)F)c(OC(F)F)c2)cc1. The summed E-state index contributed by atoms with van der Waals surface area (Å²) in [7, 11) is 0. The molecule has 22 heteroatoms. The molecule has 0 aliphatic carbocycles. The Balaban J connectivity index is 0.000000254. The predicted octanol–water partition coefficient (Wildman–Crippen LogP) is 11.3. The van der Waals surface area contributed by atoms with Gasteiger partial charge in [-0.3, -0.25) is 14.8 Å². The number of ether oxygens (including phenoxy) is 6. The molecule has 0 fully saturated rings. The van der Waals surface area contributed by atoms with Gasteiger partial charge in [-0.05, 0) is 93.9 Å². The third kappa shape index (κ3) is 16.0. The summed E-state index contributed by atoms with van der Waals surface area (Å²) in [6, 6.07) is 20.6. The Labute approximate surface area is 383 Å². The fourth-order valence-electron chi connectivity index (χ4n) is 6.09. The maximum absolute atomic E-state index is 12.9. The highest BCUT2D eigenvalue weighted by Gasteiger charge is 2.23. The van der Waals surface area contributed by atoms with Crippen molar-refractivity contribution in [2.75, 3.05) is 16.4 Å². The Kier molecular flexibility index (Phi) is 18.3. The Morgan fingerprint density at radius 2 is 1.12 bits per heavy atom. The van der Waals surface area contributed by atoms with Gasteiger partial charge in [-0.15, -0.1) is 0 Å². The second-order valence-corrected chi connectivity index (χ2v) is 14.8. The van der Waals surface area contributed by atoms with E-state index in [1.807, 2.05) is 0 Å². The van der Waals surface area contributed by atoms with Gasteiger partial charge in [0.1, 0.15) is 11.4 Å². The fraction of sp³-hybridized carbons (Fsp3) is 0.283. The van der Waals surface area contributed by atoms with E-state index < -0.39 is 61.0 Å². The van der Waals surface area contributed by atoms with Gasteiger partial charge in [-0.25, -0.2) is 9.78 Å². The molecule has 0 bridgehead atoms. The zero-order valence-electron chi connectivity index (χ0n) is 36.5. The lowest BCUT2D eigenvalue weighted by Crippen LogP contribution is -2.24. The molecule has 14 nitrogen and oxygen atoms in total. The van der Waals surface area contributed by atoms with Crippen LogP contribution in [-0.4, -0.2) is 65.5 Å². The number of anilines is 4. The van der Waals surface area contributed by atoms with E-state index in [9.17, 15) is 44.7 Å². The molecule has 0 aliphatic heterocycles. The van der Waals surface area contributed by atoms with Crippen molar-refractivity contribution in [1.82, 2.24) is 15.0 Å². The summed E-state index contributed by atoms with van der Waals surface area (Å²) in [5, 5.41) is 0. The molecule has 2 heterocycles. The maximum atomic E-state index is 12.9. The van der Waals surface area contributed by atoms with Gasteiger partial charge in [0.15, 0.2) is 29.4 Å². The third-order valence-electron chi connectivity index (χ3n) is 8.79. The molecular formula is C46H43F8N5O9. The van der Waals surface area contributed by atoms with Gasteiger partial charge in [0.2, 0.25) is 0 Å². The lowest BCUT2D eigenvalue weighted by Gasteiger charge is -2.26. The summed E-state index contributed by atoms with van der Waals surface area (Å²) in [5.74, 6) is -2.63. The molecule has 0 aliphatic rings. The number of esters is 2. The number of hydrogen-bond acceptors (Lipinski definition) is 14. The molecule has 0 unspecified atom stereocenters. The Morgan fingerprint density at radius 1 is 0.618 bits per heavy atom. The molecule has 0 amide bonds. The van der Waals surface area contributed by atoms with Crippen molar-refractivity contribution in [3.8, 4) is 23.0 Å². The average molecular weight is 962 g/mol. The van der Waals surface area contributed by atoms with Crippen molar-refractivity contribution >= 4 is 34.7 Å². The number of halogens is 8. The number of alkyl halides is 8. The molecular weight excluding hydrogens is 919 g/mol. The van der Waals surface area contributed by atoms with E-state index in [1.54, 1.807) is 86.0 Å². The van der Waals surface area contributed by atoms with E-state index >= 15 is 0 Å². The highest BCUT2D eigenvalue weighted by atomic mass is 19.3. The Morgan fingerprint density at radius 3 is 1.57 bits per heavy atom. The first-order valence-corrected chi connectivity index (χ1v) is 20.2. The smallest absolute Gasteiger partial charge is 0.387 e. The quantitative estimate of drug-likeness (QED) is 0.0528. The van der Waals surface area contributed by atoms with Crippen LogP contribution in [0.3, 0.4) is 0 Å². The van der Waals surface area contributed by atoms with Gasteiger partial charge in [-0.1, -0.05) is 12.1 Å². The molecule has 6 rings (SSSR count). The molecule has 0 radical (unpaired) electrons. The van der Waals surface area contributed by atoms with Crippen LogP contribution in [-0.2, 0) is 33.8 Å². The first-order chi connectivity index (χ1) is 32.4. The summed E-state index contributed by atoms with van der Waals surface area (Å²) in [6.07, 6.45) is 7.32. The van der Waals surface area contributed by atoms with Gasteiger partial charge in [-0.2, -0.15) is 35.1 Å². The maximum Gasteiger partial charge on any atom is 0.387 e. The van der Waals surface area contributed by atoms with Crippen molar-refractivity contribution in [3.63, 3.8) is 0 Å². The number of rotatable bonds is 20. The molecule has 0 saturated heterocycles. The number of nitrogens with zero attached hydrogens (tertiary/aromatic N) is 5. The molecule has 6 aromatic rings. The van der Waals surface area contributed by atoms with Crippen molar-refractivity contribution < 1.29 is 77.6 Å². The van der Waals surface area contributed by atoms with Crippen LogP contribution >= 0.6 is 0 Å². The van der Waals surface area contributed by atoms with Crippen LogP contribution in [0.15, 0.2) is 121 Å². The standard InChI is InChI=1S/C23H21F4N3O4.C23H22F4N2O5/c1-2-32-21(31)11-15-3-5-17(6-4-15)30(14-16-13-28-9-10-29-16)18-7-8-19(33-22(24)25)20(12-18)34-23(26)27;1-23(2,3)34-20(30)14-4-6-15(7-5-14)29(12-17-11-28-13-31-17)16-8-9-18(32-21(24)25)19(10-16)33-22(26)27/h3-10,12-13,22-23H,2,11,14H2,1H3;4-11,13,21-22H,12H2,1-3H3. The van der Waals surface area contributed by atoms with Crippen LogP contribution in [0.2, 0.25) is 0 Å². The molecule has 4 aromatic carbocycles. The Bertz CT molecular complexity index is 2500. The first-order valence-electron chi connectivity index (χ1n) is 20.2. The normalized spacial score (nSPS) is 11.2. The van der Waals surface area contributed by atoms with Gasteiger partial charge in [0.25, 0.3) is 0 Å². The summed E-state index contributed by atoms with van der Waals surface area (Å²) >= 11 is 0. The fourth-order valence-corrected chi connectivity index (χ4v) is 6.09. The third-order valence-corrected chi connectivity index (χ3v) is 8.79. The summed E-state index contributed by atoms with van der Waals surface area (Å²) in [6.45, 7) is -5.42. The highest BCUT2D eigenvalue weighted by molar-refractivity contribution is 5.90. The number of benzene rings is 4. The number of hydrogen-bond donors (Lipinski definition) is 0. The lowest BCUT2D eigenvalue weighted by molar-refractivity contribution is -0.142. The summed E-state index contributed by atoms with van der Waals surface area (Å²) in [4.78, 5) is 39.5. The molecule has 0 spiro atoms. The molecule has 0 saturated carbocycles. The van der Waals surface area contributed by atoms with Crippen LogP contribution in [0.5, 0.6) is 23.0 Å². The van der Waals surface area contributed by atoms with E-state index in [2.05, 4.69) is 33.9 Å². The number of aromatic nitrogens is 3. The molecule has 2 aromatic heterocycles. The van der Waals surface area contributed by atoms with Gasteiger partial charge in [0.05, 0.1) is 49.8 Å². The monoisotopic (exact) mass is 961 g/mol. The second kappa shape index (κ2) is 24.2. The average Bonchev–Trinajstić information content (AvgIpc) is 3.79. The van der Waals surface area contributed by atoms with Gasteiger partial charge < -0.3 is 42.6 Å². The minimum atomic E-state index is -3.26. The first kappa shape index (κ1) is 51.3. The Hall–Kier alpha value is -7.65. The van der Waals surface area contributed by atoms with Crippen molar-refractivity contribution in [3.05, 3.63) is 139 Å². The zero-order valence-corrected chi connectivity index (χ0v) is 36.5. The van der Waals surface area contributed by atoms with E-state index in [-0.39, 0.29) is 32.1 Å². The topological polar surface area (TPSA) is 148 Å². The van der Waals surface area contributed by atoms with Crippen LogP contribution < -0.4 is 28.7 Å². The van der Waals surface area contributed by atoms with E-state index in [0.29, 0.717) is 45.3 Å². The highest BCUT2D eigenvalue weighted by Crippen LogP contribution is 2.39. The van der Waals surface area contributed by atoms with Gasteiger partial charge >= 0.3 is 38.4 Å². The van der Waals surface area contributed by atoms with E-state index in [4.69, 9.17) is 13.9 Å². The van der Waals surface area contributed by atoms with Crippen molar-refractivity contribution in [2.24, 2.45) is 0 Å². The summed E-state index contributed by atoms with van der Waals surface area (Å²) in [5.41, 5.74) is 2.71. The largest absolute Gasteiger partial charge is 0.466 e. The van der Waals surface area contributed by atoms with Crippen LogP contribution in [0.4, 0.5) is 57.9 Å².